The van der Waals surface area contributed by atoms with E-state index in [4.69, 9.17) is 16.3 Å². The average Bonchev–Trinajstić information content (AvgIpc) is 3.42. The molecule has 0 atom stereocenters. The van der Waals surface area contributed by atoms with E-state index in [-0.39, 0.29) is 29.3 Å². The minimum atomic E-state index is -0.0749. The Morgan fingerprint density at radius 1 is 0.923 bits per heavy atom. The molecule has 0 unspecified atom stereocenters. The summed E-state index contributed by atoms with van der Waals surface area (Å²) in [5.74, 6) is 1.55. The highest BCUT2D eigenvalue weighted by molar-refractivity contribution is 8.93. The van der Waals surface area contributed by atoms with Crippen LogP contribution in [0.15, 0.2) is 54.1 Å². The maximum Gasteiger partial charge on any atom is 0.228 e. The average molecular weight is 638 g/mol. The Bertz CT molecular complexity index is 987. The maximum atomic E-state index is 12.8. The SMILES string of the molecule is Br.CCCCCCCCCCCCCCOc1c(Cl)cccc1CC(=O)Nc1ccc(CN2C=CSC2)cc1. The summed E-state index contributed by atoms with van der Waals surface area (Å²) in [5, 5.41) is 5.68. The molecule has 2 aromatic rings. The summed E-state index contributed by atoms with van der Waals surface area (Å²) in [7, 11) is 0. The van der Waals surface area contributed by atoms with Crippen LogP contribution in [0.5, 0.6) is 5.75 Å². The molecule has 0 radical (unpaired) electrons. The van der Waals surface area contributed by atoms with E-state index in [0.29, 0.717) is 17.4 Å². The third-order valence-corrected chi connectivity index (χ3v) is 7.97. The number of hydrogen-bond acceptors (Lipinski definition) is 4. The largest absolute Gasteiger partial charge is 0.492 e. The molecule has 1 heterocycles. The van der Waals surface area contributed by atoms with Crippen molar-refractivity contribution in [1.29, 1.82) is 0 Å². The zero-order valence-electron chi connectivity index (χ0n) is 23.5. The van der Waals surface area contributed by atoms with Gasteiger partial charge in [0.2, 0.25) is 5.91 Å². The number of hydrogen-bond donors (Lipinski definition) is 1. The van der Waals surface area contributed by atoms with Crippen LogP contribution < -0.4 is 10.1 Å². The molecular weight excluding hydrogens is 592 g/mol. The van der Waals surface area contributed by atoms with Gasteiger partial charge in [-0.15, -0.1) is 28.7 Å². The summed E-state index contributed by atoms with van der Waals surface area (Å²) in [6, 6.07) is 13.7. The van der Waals surface area contributed by atoms with E-state index < -0.39 is 0 Å². The molecule has 39 heavy (non-hydrogen) atoms. The molecule has 1 aliphatic rings. The number of benzene rings is 2. The van der Waals surface area contributed by atoms with Gasteiger partial charge in [-0.2, -0.15) is 0 Å². The minimum absolute atomic E-state index is 0. The number of halogens is 2. The predicted molar refractivity (Wildman–Crippen MR) is 174 cm³/mol. The number of nitrogens with zero attached hydrogens (tertiary/aromatic N) is 1. The van der Waals surface area contributed by atoms with Crippen molar-refractivity contribution in [2.24, 2.45) is 0 Å². The van der Waals surface area contributed by atoms with Gasteiger partial charge in [0.1, 0.15) is 5.75 Å². The van der Waals surface area contributed by atoms with Gasteiger partial charge in [0.25, 0.3) is 0 Å². The highest BCUT2D eigenvalue weighted by Gasteiger charge is 2.13. The topological polar surface area (TPSA) is 41.6 Å². The van der Waals surface area contributed by atoms with Crippen molar-refractivity contribution < 1.29 is 9.53 Å². The van der Waals surface area contributed by atoms with E-state index in [2.05, 4.69) is 40.9 Å². The number of nitrogens with one attached hydrogen (secondary N) is 1. The Balaban J connectivity index is 0.00000533. The number of carbonyl (C=O) groups is 1. The molecule has 0 saturated carbocycles. The van der Waals surface area contributed by atoms with Crippen molar-refractivity contribution in [3.05, 3.63) is 70.2 Å². The van der Waals surface area contributed by atoms with Crippen molar-refractivity contribution in [3.8, 4) is 5.75 Å². The lowest BCUT2D eigenvalue weighted by Gasteiger charge is -2.15. The highest BCUT2D eigenvalue weighted by Crippen LogP contribution is 2.30. The van der Waals surface area contributed by atoms with E-state index in [9.17, 15) is 4.79 Å². The van der Waals surface area contributed by atoms with Crippen LogP contribution in [0.1, 0.15) is 95.1 Å². The van der Waals surface area contributed by atoms with E-state index >= 15 is 0 Å². The number of thioether (sulfide) groups is 1. The molecular formula is C32H46BrClN2O2S. The van der Waals surface area contributed by atoms with E-state index in [1.54, 1.807) is 11.8 Å². The van der Waals surface area contributed by atoms with Crippen LogP contribution in [0.3, 0.4) is 0 Å². The third kappa shape index (κ3) is 13.5. The Morgan fingerprint density at radius 3 is 2.18 bits per heavy atom. The summed E-state index contributed by atoms with van der Waals surface area (Å²) in [4.78, 5) is 15.0. The number of unbranched alkanes of at least 4 members (excludes halogenated alkanes) is 11. The highest BCUT2D eigenvalue weighted by atomic mass is 79.9. The number of carbonyl (C=O) groups excluding carboxylic acids is 1. The Kier molecular flexibility index (Phi) is 17.5. The van der Waals surface area contributed by atoms with Crippen LogP contribution in [0.4, 0.5) is 5.69 Å². The van der Waals surface area contributed by atoms with Gasteiger partial charge in [-0.3, -0.25) is 4.79 Å². The standard InChI is InChI=1S/C32H45ClN2O2S.BrH/c1-2-3-4-5-6-7-8-9-10-11-12-13-22-37-32-28(15-14-16-30(32)33)24-31(36)34-29-19-17-27(18-20-29)25-35-21-23-38-26-35;/h14-21,23H,2-13,22,24-26H2,1H3,(H,34,36);1H. The molecule has 7 heteroatoms. The Labute approximate surface area is 256 Å². The number of anilines is 1. The Hall–Kier alpha value is -1.63. The molecule has 216 valence electrons. The summed E-state index contributed by atoms with van der Waals surface area (Å²) in [6.45, 7) is 3.77. The van der Waals surface area contributed by atoms with Crippen molar-refractivity contribution in [3.63, 3.8) is 0 Å². The molecule has 3 rings (SSSR count). The predicted octanol–water partition coefficient (Wildman–Crippen LogP) is 10.2. The van der Waals surface area contributed by atoms with Crippen LogP contribution in [0.2, 0.25) is 5.02 Å². The first-order chi connectivity index (χ1) is 18.7. The quantitative estimate of drug-likeness (QED) is 0.156. The monoisotopic (exact) mass is 636 g/mol. The fourth-order valence-corrected chi connectivity index (χ4v) is 5.65. The molecule has 0 aromatic heterocycles. The van der Waals surface area contributed by atoms with Gasteiger partial charge >= 0.3 is 0 Å². The van der Waals surface area contributed by atoms with E-state index in [1.165, 1.54) is 76.2 Å². The molecule has 2 aromatic carbocycles. The fourth-order valence-electron chi connectivity index (χ4n) is 4.69. The summed E-state index contributed by atoms with van der Waals surface area (Å²) >= 11 is 8.24. The van der Waals surface area contributed by atoms with Crippen LogP contribution in [0, 0.1) is 0 Å². The molecule has 0 aliphatic carbocycles. The van der Waals surface area contributed by atoms with E-state index in [1.807, 2.05) is 30.3 Å². The number of para-hydroxylation sites is 1. The molecule has 0 bridgehead atoms. The summed E-state index contributed by atoms with van der Waals surface area (Å²) in [6.07, 6.45) is 18.1. The number of ether oxygens (including phenoxy) is 1. The van der Waals surface area contributed by atoms with Crippen molar-refractivity contribution >= 4 is 51.9 Å². The molecule has 0 spiro atoms. The second-order valence-electron chi connectivity index (χ2n) is 10.2. The minimum Gasteiger partial charge on any atom is -0.492 e. The van der Waals surface area contributed by atoms with Crippen LogP contribution in [-0.2, 0) is 17.8 Å². The van der Waals surface area contributed by atoms with Crippen molar-refractivity contribution in [1.82, 2.24) is 4.90 Å². The molecule has 1 N–H and O–H groups in total. The van der Waals surface area contributed by atoms with Gasteiger partial charge in [0.05, 0.1) is 23.9 Å². The van der Waals surface area contributed by atoms with Crippen LogP contribution >= 0.6 is 40.3 Å². The summed E-state index contributed by atoms with van der Waals surface area (Å²) < 4.78 is 6.07. The first kappa shape index (κ1) is 33.6. The fraction of sp³-hybridized carbons (Fsp3) is 0.531. The number of rotatable bonds is 19. The smallest absolute Gasteiger partial charge is 0.228 e. The second kappa shape index (κ2) is 20.3. The molecule has 0 fully saturated rings. The first-order valence-corrected chi connectivity index (χ1v) is 15.9. The third-order valence-electron chi connectivity index (χ3n) is 6.88. The lowest BCUT2D eigenvalue weighted by atomic mass is 10.1. The van der Waals surface area contributed by atoms with Gasteiger partial charge in [-0.25, -0.2) is 0 Å². The van der Waals surface area contributed by atoms with Gasteiger partial charge in [0.15, 0.2) is 0 Å². The van der Waals surface area contributed by atoms with Crippen LogP contribution in [0.25, 0.3) is 0 Å². The van der Waals surface area contributed by atoms with Gasteiger partial charge in [-0.1, -0.05) is 113 Å². The maximum absolute atomic E-state index is 12.8. The molecule has 1 amide bonds. The molecule has 0 saturated heterocycles. The lowest BCUT2D eigenvalue weighted by Crippen LogP contribution is -2.16. The second-order valence-corrected chi connectivity index (χ2v) is 11.5. The lowest BCUT2D eigenvalue weighted by molar-refractivity contribution is -0.115. The zero-order valence-corrected chi connectivity index (χ0v) is 26.8. The summed E-state index contributed by atoms with van der Waals surface area (Å²) in [5.41, 5.74) is 2.84. The van der Waals surface area contributed by atoms with Gasteiger partial charge in [0, 0.05) is 24.0 Å². The van der Waals surface area contributed by atoms with Crippen molar-refractivity contribution in [2.45, 2.75) is 96.9 Å². The van der Waals surface area contributed by atoms with Crippen LogP contribution in [-0.4, -0.2) is 23.3 Å². The molecule has 4 nitrogen and oxygen atoms in total. The van der Waals surface area contributed by atoms with E-state index in [0.717, 1.165) is 30.1 Å². The van der Waals surface area contributed by atoms with Gasteiger partial charge < -0.3 is 15.0 Å². The zero-order chi connectivity index (χ0) is 26.8. The first-order valence-electron chi connectivity index (χ1n) is 14.5. The normalized spacial score (nSPS) is 12.4. The van der Waals surface area contributed by atoms with Crippen molar-refractivity contribution in [2.75, 3.05) is 17.8 Å². The molecule has 1 aliphatic heterocycles. The Morgan fingerprint density at radius 2 is 1.56 bits per heavy atom. The van der Waals surface area contributed by atoms with Gasteiger partial charge in [-0.05, 0) is 35.6 Å². The number of amides is 1.